The maximum atomic E-state index is 13.8. The van der Waals surface area contributed by atoms with Gasteiger partial charge in [-0.1, -0.05) is 31.2 Å². The Hall–Kier alpha value is -3.60. The van der Waals surface area contributed by atoms with Gasteiger partial charge in [-0.15, -0.1) is 0 Å². The van der Waals surface area contributed by atoms with Crippen molar-refractivity contribution in [3.05, 3.63) is 106 Å². The summed E-state index contributed by atoms with van der Waals surface area (Å²) < 4.78 is 59.6. The number of benzene rings is 3. The number of halogens is 4. The lowest BCUT2D eigenvalue weighted by Crippen LogP contribution is -2.51. The molecule has 0 fully saturated rings. The summed E-state index contributed by atoms with van der Waals surface area (Å²) in [6, 6.07) is 12.4. The maximum absolute atomic E-state index is 13.8. The number of rotatable bonds is 14. The topological polar surface area (TPSA) is 87.7 Å². The first kappa shape index (κ1) is 30.9. The minimum atomic E-state index is -1.33. The Bertz CT molecular complexity index is 1300. The van der Waals surface area contributed by atoms with Crippen molar-refractivity contribution in [1.29, 1.82) is 0 Å². The van der Waals surface area contributed by atoms with Crippen molar-refractivity contribution in [3.63, 3.8) is 0 Å². The number of aliphatic hydroxyl groups excluding tert-OH is 1. The Balaban J connectivity index is 1.71. The Morgan fingerprint density at radius 1 is 0.900 bits per heavy atom. The fourth-order valence-corrected chi connectivity index (χ4v) is 4.25. The van der Waals surface area contributed by atoms with Crippen LogP contribution in [0.3, 0.4) is 0 Å². The zero-order chi connectivity index (χ0) is 29.2. The van der Waals surface area contributed by atoms with Gasteiger partial charge in [-0.05, 0) is 59.9 Å². The van der Waals surface area contributed by atoms with Crippen LogP contribution in [-0.4, -0.2) is 48.7 Å². The molecule has 6 nitrogen and oxygen atoms in total. The molecule has 0 saturated carbocycles. The number of aliphatic hydroxyl groups is 1. The van der Waals surface area contributed by atoms with Crippen LogP contribution < -0.4 is 10.6 Å². The number of ether oxygens (including phenoxy) is 1. The van der Waals surface area contributed by atoms with Crippen LogP contribution in [0.5, 0.6) is 0 Å². The van der Waals surface area contributed by atoms with Crippen LogP contribution in [0, 0.1) is 23.3 Å². The molecule has 0 bridgehead atoms. The molecule has 3 atom stereocenters. The zero-order valence-electron chi connectivity index (χ0n) is 22.2. The fourth-order valence-electron chi connectivity index (χ4n) is 4.25. The van der Waals surface area contributed by atoms with Gasteiger partial charge in [-0.2, -0.15) is 0 Å². The molecule has 0 aromatic heterocycles. The van der Waals surface area contributed by atoms with Gasteiger partial charge in [0.2, 0.25) is 5.91 Å². The first-order valence-electron chi connectivity index (χ1n) is 12.8. The second-order valence-corrected chi connectivity index (χ2v) is 9.45. The molecule has 3 aromatic rings. The monoisotopic (exact) mass is 560 g/mol. The number of amides is 1. The molecule has 1 unspecified atom stereocenters. The fraction of sp³-hybridized carbons (Fsp3) is 0.333. The van der Waals surface area contributed by atoms with Gasteiger partial charge in [0, 0.05) is 38.2 Å². The predicted octanol–water partition coefficient (Wildman–Crippen LogP) is 4.27. The van der Waals surface area contributed by atoms with Gasteiger partial charge < -0.3 is 20.5 Å². The SMILES string of the molecule is CCc1cccc(CNC[C@@H](O)[C@H](Cc2cc(F)cc(F)c2)NC(=O)C(CC(=O)c2ccc(F)c(F)c2)OC)c1. The Labute approximate surface area is 230 Å². The molecular formula is C30H32F4N2O4. The van der Waals surface area contributed by atoms with Crippen LogP contribution in [0.2, 0.25) is 0 Å². The third-order valence-corrected chi connectivity index (χ3v) is 6.44. The summed E-state index contributed by atoms with van der Waals surface area (Å²) in [6.45, 7) is 2.51. The van der Waals surface area contributed by atoms with E-state index >= 15 is 0 Å². The molecule has 10 heteroatoms. The molecule has 0 aliphatic heterocycles. The standard InChI is InChI=1S/C30H32F4N2O4/c1-3-18-5-4-6-19(9-18)16-35-17-28(38)26(12-20-10-22(31)14-23(32)11-20)36-30(39)29(40-2)15-27(37)21-7-8-24(33)25(34)13-21/h4-11,13-14,26,28-29,35,38H,3,12,15-17H2,1-2H3,(H,36,39)/t26-,28+,29?/m0/s1. The highest BCUT2D eigenvalue weighted by Gasteiger charge is 2.28. The van der Waals surface area contributed by atoms with E-state index in [9.17, 15) is 32.3 Å². The van der Waals surface area contributed by atoms with Gasteiger partial charge in [0.1, 0.15) is 17.7 Å². The molecule has 40 heavy (non-hydrogen) atoms. The third kappa shape index (κ3) is 8.97. The summed E-state index contributed by atoms with van der Waals surface area (Å²) in [5.41, 5.74) is 2.21. The van der Waals surface area contributed by atoms with Gasteiger partial charge >= 0.3 is 0 Å². The number of aryl methyl sites for hydroxylation is 1. The van der Waals surface area contributed by atoms with Crippen molar-refractivity contribution in [1.82, 2.24) is 10.6 Å². The summed E-state index contributed by atoms with van der Waals surface area (Å²) in [6.07, 6.45) is -2.26. The molecular weight excluding hydrogens is 528 g/mol. The molecule has 0 heterocycles. The maximum Gasteiger partial charge on any atom is 0.249 e. The lowest BCUT2D eigenvalue weighted by Gasteiger charge is -2.27. The summed E-state index contributed by atoms with van der Waals surface area (Å²) >= 11 is 0. The van der Waals surface area contributed by atoms with Gasteiger partial charge in [-0.3, -0.25) is 9.59 Å². The van der Waals surface area contributed by atoms with E-state index in [1.807, 2.05) is 31.2 Å². The Morgan fingerprint density at radius 3 is 2.25 bits per heavy atom. The number of ketones is 1. The van der Waals surface area contributed by atoms with E-state index in [0.717, 1.165) is 47.9 Å². The van der Waals surface area contributed by atoms with E-state index in [0.29, 0.717) is 12.6 Å². The molecule has 3 aromatic carbocycles. The number of carbonyl (C=O) groups is 2. The van der Waals surface area contributed by atoms with E-state index in [4.69, 9.17) is 4.74 Å². The smallest absolute Gasteiger partial charge is 0.249 e. The van der Waals surface area contributed by atoms with Crippen molar-refractivity contribution in [2.24, 2.45) is 0 Å². The number of hydrogen-bond donors (Lipinski definition) is 3. The molecule has 0 radical (unpaired) electrons. The van der Waals surface area contributed by atoms with Crippen LogP contribution in [-0.2, 0) is 28.9 Å². The highest BCUT2D eigenvalue weighted by Crippen LogP contribution is 2.15. The van der Waals surface area contributed by atoms with Crippen LogP contribution in [0.15, 0.2) is 60.7 Å². The van der Waals surface area contributed by atoms with Crippen molar-refractivity contribution >= 4 is 11.7 Å². The lowest BCUT2D eigenvalue weighted by atomic mass is 9.99. The summed E-state index contributed by atoms with van der Waals surface area (Å²) in [4.78, 5) is 25.7. The van der Waals surface area contributed by atoms with E-state index < -0.39 is 59.6 Å². The Morgan fingerprint density at radius 2 is 1.60 bits per heavy atom. The van der Waals surface area contributed by atoms with Crippen molar-refractivity contribution in [3.8, 4) is 0 Å². The van der Waals surface area contributed by atoms with Gasteiger partial charge in [-0.25, -0.2) is 17.6 Å². The van der Waals surface area contributed by atoms with Crippen LogP contribution in [0.25, 0.3) is 0 Å². The number of nitrogens with one attached hydrogen (secondary N) is 2. The number of carbonyl (C=O) groups excluding carboxylic acids is 2. The van der Waals surface area contributed by atoms with Gasteiger partial charge in [0.05, 0.1) is 12.1 Å². The predicted molar refractivity (Wildman–Crippen MR) is 142 cm³/mol. The third-order valence-electron chi connectivity index (χ3n) is 6.44. The lowest BCUT2D eigenvalue weighted by molar-refractivity contribution is -0.132. The summed E-state index contributed by atoms with van der Waals surface area (Å²) in [7, 11) is 1.20. The molecule has 0 saturated heterocycles. The van der Waals surface area contributed by atoms with E-state index in [2.05, 4.69) is 10.6 Å². The summed E-state index contributed by atoms with van der Waals surface area (Å²) in [5, 5.41) is 16.7. The first-order valence-corrected chi connectivity index (χ1v) is 12.8. The van der Waals surface area contributed by atoms with E-state index in [1.165, 1.54) is 7.11 Å². The molecule has 1 amide bonds. The second-order valence-electron chi connectivity index (χ2n) is 9.45. The number of Topliss-reactive ketones (excluding diaryl/α,β-unsaturated/α-hetero) is 1. The summed E-state index contributed by atoms with van der Waals surface area (Å²) in [5.74, 6) is -5.37. The van der Waals surface area contributed by atoms with Crippen LogP contribution in [0.4, 0.5) is 17.6 Å². The average molecular weight is 561 g/mol. The van der Waals surface area contributed by atoms with Crippen molar-refractivity contribution in [2.75, 3.05) is 13.7 Å². The average Bonchev–Trinajstić information content (AvgIpc) is 2.92. The highest BCUT2D eigenvalue weighted by atomic mass is 19.2. The first-order chi connectivity index (χ1) is 19.1. The van der Waals surface area contributed by atoms with Crippen LogP contribution in [0.1, 0.15) is 40.4 Å². The molecule has 214 valence electrons. The van der Waals surface area contributed by atoms with Crippen molar-refractivity contribution < 1.29 is 37.0 Å². The molecule has 3 N–H and O–H groups in total. The number of hydrogen-bond acceptors (Lipinski definition) is 5. The van der Waals surface area contributed by atoms with Gasteiger partial charge in [0.25, 0.3) is 0 Å². The molecule has 0 aliphatic carbocycles. The van der Waals surface area contributed by atoms with Crippen molar-refractivity contribution in [2.45, 2.75) is 51.0 Å². The molecule has 0 aliphatic rings. The second kappa shape index (κ2) is 14.7. The normalized spacial score (nSPS) is 13.5. The number of methoxy groups -OCH3 is 1. The largest absolute Gasteiger partial charge is 0.390 e. The highest BCUT2D eigenvalue weighted by molar-refractivity contribution is 5.99. The minimum absolute atomic E-state index is 0.0323. The minimum Gasteiger partial charge on any atom is -0.390 e. The van der Waals surface area contributed by atoms with E-state index in [-0.39, 0.29) is 24.1 Å². The quantitative estimate of drug-likeness (QED) is 0.203. The molecule has 0 spiro atoms. The van der Waals surface area contributed by atoms with Gasteiger partial charge in [0.15, 0.2) is 17.4 Å². The van der Waals surface area contributed by atoms with Crippen LogP contribution >= 0.6 is 0 Å². The molecule has 3 rings (SSSR count). The zero-order valence-corrected chi connectivity index (χ0v) is 22.2. The van der Waals surface area contributed by atoms with E-state index in [1.54, 1.807) is 0 Å². The Kier molecular flexibility index (Phi) is 11.4.